The molecule has 3 rings (SSSR count). The van der Waals surface area contributed by atoms with Crippen LogP contribution in [0.3, 0.4) is 0 Å². The average Bonchev–Trinajstić information content (AvgIpc) is 2.47. The van der Waals surface area contributed by atoms with Crippen molar-refractivity contribution in [2.45, 2.75) is 90.3 Å². The summed E-state index contributed by atoms with van der Waals surface area (Å²) in [4.78, 5) is 2.74. The Hall–Kier alpha value is -0.0800. The molecule has 2 saturated carbocycles. The van der Waals surface area contributed by atoms with Gasteiger partial charge >= 0.3 is 0 Å². The van der Waals surface area contributed by atoms with Crippen LogP contribution in [0.25, 0.3) is 0 Å². The molecule has 1 N–H and O–H groups in total. The van der Waals surface area contributed by atoms with Crippen LogP contribution in [-0.2, 0) is 0 Å². The number of nitrogens with zero attached hydrogens (tertiary/aromatic N) is 1. The Balaban J connectivity index is 1.64. The first-order valence-electron chi connectivity index (χ1n) is 9.69. The van der Waals surface area contributed by atoms with Crippen LogP contribution in [0, 0.1) is 17.8 Å². The standard InChI is InChI=1S/C19H36N2/c1-4-15-8-5-6-11-18(15)20-19-16-9-7-10-17(19)13-21(12-16)14(2)3/h14-20H,4-13H2,1-3H3. The predicted octanol–water partition coefficient (Wildman–Crippen LogP) is 4.05. The lowest BCUT2D eigenvalue weighted by atomic mass is 9.72. The average molecular weight is 293 g/mol. The van der Waals surface area contributed by atoms with Crippen molar-refractivity contribution in [3.8, 4) is 0 Å². The molecule has 2 heteroatoms. The lowest BCUT2D eigenvalue weighted by molar-refractivity contribution is 0.0184. The summed E-state index contributed by atoms with van der Waals surface area (Å²) < 4.78 is 0. The van der Waals surface area contributed by atoms with E-state index in [4.69, 9.17) is 0 Å². The van der Waals surface area contributed by atoms with Crippen LogP contribution in [0.5, 0.6) is 0 Å². The fraction of sp³-hybridized carbons (Fsp3) is 1.00. The Labute approximate surface area is 132 Å². The summed E-state index contributed by atoms with van der Waals surface area (Å²) in [7, 11) is 0. The van der Waals surface area contributed by atoms with E-state index in [1.54, 1.807) is 0 Å². The van der Waals surface area contributed by atoms with Gasteiger partial charge in [-0.2, -0.15) is 0 Å². The van der Waals surface area contributed by atoms with Crippen molar-refractivity contribution in [3.05, 3.63) is 0 Å². The minimum Gasteiger partial charge on any atom is -0.310 e. The van der Waals surface area contributed by atoms with E-state index in [2.05, 4.69) is 31.0 Å². The van der Waals surface area contributed by atoms with Gasteiger partial charge in [0.2, 0.25) is 0 Å². The maximum atomic E-state index is 4.19. The second kappa shape index (κ2) is 7.00. The van der Waals surface area contributed by atoms with Crippen molar-refractivity contribution >= 4 is 0 Å². The summed E-state index contributed by atoms with van der Waals surface area (Å²) in [5.41, 5.74) is 0. The molecule has 1 heterocycles. The molecule has 0 aromatic heterocycles. The third-order valence-corrected chi connectivity index (χ3v) is 6.67. The zero-order valence-electron chi connectivity index (χ0n) is 14.5. The molecule has 4 atom stereocenters. The molecule has 21 heavy (non-hydrogen) atoms. The van der Waals surface area contributed by atoms with Crippen LogP contribution >= 0.6 is 0 Å². The van der Waals surface area contributed by atoms with E-state index in [-0.39, 0.29) is 0 Å². The van der Waals surface area contributed by atoms with E-state index in [1.165, 1.54) is 64.5 Å². The second-order valence-electron chi connectivity index (χ2n) is 8.25. The number of piperidine rings is 1. The molecule has 1 saturated heterocycles. The second-order valence-corrected chi connectivity index (χ2v) is 8.25. The number of hydrogen-bond donors (Lipinski definition) is 1. The summed E-state index contributed by atoms with van der Waals surface area (Å²) in [5, 5.41) is 4.19. The van der Waals surface area contributed by atoms with Gasteiger partial charge in [-0.05, 0) is 57.3 Å². The van der Waals surface area contributed by atoms with Gasteiger partial charge in [-0.3, -0.25) is 0 Å². The molecular weight excluding hydrogens is 256 g/mol. The Morgan fingerprint density at radius 2 is 1.62 bits per heavy atom. The van der Waals surface area contributed by atoms with Crippen molar-refractivity contribution in [2.75, 3.05) is 13.1 Å². The normalized spacial score (nSPS) is 41.4. The van der Waals surface area contributed by atoms with Crippen LogP contribution in [0.15, 0.2) is 0 Å². The Morgan fingerprint density at radius 1 is 0.952 bits per heavy atom. The monoisotopic (exact) mass is 292 g/mol. The first kappa shape index (κ1) is 15.8. The van der Waals surface area contributed by atoms with E-state index in [9.17, 15) is 0 Å². The topological polar surface area (TPSA) is 15.3 Å². The van der Waals surface area contributed by atoms with Gasteiger partial charge in [-0.1, -0.05) is 32.6 Å². The molecule has 122 valence electrons. The van der Waals surface area contributed by atoms with Crippen molar-refractivity contribution in [2.24, 2.45) is 17.8 Å². The molecule has 4 unspecified atom stereocenters. The van der Waals surface area contributed by atoms with Crippen LogP contribution in [0.2, 0.25) is 0 Å². The van der Waals surface area contributed by atoms with Gasteiger partial charge in [0, 0.05) is 31.2 Å². The maximum Gasteiger partial charge on any atom is 0.0151 e. The Kier molecular flexibility index (Phi) is 5.27. The molecule has 2 bridgehead atoms. The van der Waals surface area contributed by atoms with Gasteiger partial charge in [-0.15, -0.1) is 0 Å². The van der Waals surface area contributed by atoms with Crippen LogP contribution in [0.4, 0.5) is 0 Å². The first-order valence-corrected chi connectivity index (χ1v) is 9.69. The summed E-state index contributed by atoms with van der Waals surface area (Å²) in [6, 6.07) is 2.38. The summed E-state index contributed by atoms with van der Waals surface area (Å²) >= 11 is 0. The highest BCUT2D eigenvalue weighted by Crippen LogP contribution is 2.37. The highest BCUT2D eigenvalue weighted by Gasteiger charge is 2.41. The van der Waals surface area contributed by atoms with Crippen LogP contribution in [-0.4, -0.2) is 36.1 Å². The molecule has 3 fully saturated rings. The van der Waals surface area contributed by atoms with E-state index >= 15 is 0 Å². The highest BCUT2D eigenvalue weighted by molar-refractivity contribution is 4.97. The molecule has 0 amide bonds. The summed E-state index contributed by atoms with van der Waals surface area (Å²) in [6.45, 7) is 9.83. The summed E-state index contributed by atoms with van der Waals surface area (Å²) in [5.74, 6) is 2.78. The number of rotatable bonds is 4. The Bertz CT molecular complexity index is 314. The lowest BCUT2D eigenvalue weighted by Crippen LogP contribution is -2.61. The van der Waals surface area contributed by atoms with Gasteiger partial charge in [0.25, 0.3) is 0 Å². The molecule has 0 radical (unpaired) electrons. The molecule has 2 nitrogen and oxygen atoms in total. The number of hydrogen-bond acceptors (Lipinski definition) is 2. The molecule has 2 aliphatic carbocycles. The van der Waals surface area contributed by atoms with Gasteiger partial charge in [0.1, 0.15) is 0 Å². The van der Waals surface area contributed by atoms with Crippen LogP contribution < -0.4 is 5.32 Å². The quantitative estimate of drug-likeness (QED) is 0.841. The highest BCUT2D eigenvalue weighted by atomic mass is 15.2. The van der Waals surface area contributed by atoms with Crippen molar-refractivity contribution in [1.29, 1.82) is 0 Å². The smallest absolute Gasteiger partial charge is 0.0151 e. The molecule has 0 spiro atoms. The van der Waals surface area contributed by atoms with Gasteiger partial charge in [-0.25, -0.2) is 0 Å². The predicted molar refractivity (Wildman–Crippen MR) is 90.5 cm³/mol. The molecule has 1 aliphatic heterocycles. The SMILES string of the molecule is CCC1CCCCC1NC1C2CCCC1CN(C(C)C)C2. The fourth-order valence-corrected chi connectivity index (χ4v) is 5.33. The minimum absolute atomic E-state index is 0.729. The largest absolute Gasteiger partial charge is 0.310 e. The molecule has 0 aromatic rings. The molecule has 0 aromatic carbocycles. The molecular formula is C19H36N2. The van der Waals surface area contributed by atoms with Crippen molar-refractivity contribution < 1.29 is 0 Å². The maximum absolute atomic E-state index is 4.19. The van der Waals surface area contributed by atoms with E-state index in [0.717, 1.165) is 35.9 Å². The third kappa shape index (κ3) is 3.47. The first-order chi connectivity index (χ1) is 10.2. The minimum atomic E-state index is 0.729. The fourth-order valence-electron chi connectivity index (χ4n) is 5.33. The number of likely N-dealkylation sites (tertiary alicyclic amines) is 1. The van der Waals surface area contributed by atoms with E-state index in [0.29, 0.717) is 0 Å². The lowest BCUT2D eigenvalue weighted by Gasteiger charge is -2.51. The number of fused-ring (bicyclic) bond motifs is 2. The van der Waals surface area contributed by atoms with Gasteiger partial charge < -0.3 is 10.2 Å². The van der Waals surface area contributed by atoms with E-state index in [1.807, 2.05) is 0 Å². The Morgan fingerprint density at radius 3 is 2.24 bits per heavy atom. The molecule has 3 aliphatic rings. The van der Waals surface area contributed by atoms with Crippen molar-refractivity contribution in [1.82, 2.24) is 10.2 Å². The van der Waals surface area contributed by atoms with E-state index < -0.39 is 0 Å². The number of nitrogens with one attached hydrogen (secondary N) is 1. The van der Waals surface area contributed by atoms with Gasteiger partial charge in [0.05, 0.1) is 0 Å². The third-order valence-electron chi connectivity index (χ3n) is 6.67. The van der Waals surface area contributed by atoms with Gasteiger partial charge in [0.15, 0.2) is 0 Å². The van der Waals surface area contributed by atoms with Crippen molar-refractivity contribution in [3.63, 3.8) is 0 Å². The zero-order chi connectivity index (χ0) is 14.8. The zero-order valence-corrected chi connectivity index (χ0v) is 14.5. The van der Waals surface area contributed by atoms with Crippen LogP contribution in [0.1, 0.15) is 72.1 Å². The summed E-state index contributed by atoms with van der Waals surface area (Å²) in [6.07, 6.45) is 11.6.